The third-order valence-corrected chi connectivity index (χ3v) is 5.67. The molecule has 0 amide bonds. The number of ketones is 1. The Morgan fingerprint density at radius 3 is 2.50 bits per heavy atom. The Kier molecular flexibility index (Phi) is 5.55. The zero-order valence-corrected chi connectivity index (χ0v) is 14.2. The second kappa shape index (κ2) is 7.19. The quantitative estimate of drug-likeness (QED) is 0.676. The second-order valence-electron chi connectivity index (χ2n) is 5.11. The maximum atomic E-state index is 12.7. The zero-order chi connectivity index (χ0) is 14.5. The van der Waals surface area contributed by atoms with Crippen LogP contribution in [0.4, 0.5) is 0 Å². The van der Waals surface area contributed by atoms with Gasteiger partial charge in [-0.1, -0.05) is 50.6 Å². The molecule has 0 aliphatic heterocycles. The van der Waals surface area contributed by atoms with Crippen LogP contribution in [0.2, 0.25) is 0 Å². The monoisotopic (exact) mass is 350 g/mol. The van der Waals surface area contributed by atoms with E-state index in [0.29, 0.717) is 18.1 Å². The predicted molar refractivity (Wildman–Crippen MR) is 89.4 cm³/mol. The lowest BCUT2D eigenvalue weighted by atomic mass is 9.81. The van der Waals surface area contributed by atoms with E-state index in [0.717, 1.165) is 21.3 Å². The number of hydrogen-bond donors (Lipinski definition) is 0. The molecule has 0 aliphatic rings. The van der Waals surface area contributed by atoms with Crippen molar-refractivity contribution in [2.75, 3.05) is 0 Å². The minimum atomic E-state index is -0.00444. The van der Waals surface area contributed by atoms with Crippen LogP contribution in [0.3, 0.4) is 0 Å². The van der Waals surface area contributed by atoms with Gasteiger partial charge in [-0.15, -0.1) is 11.3 Å². The van der Waals surface area contributed by atoms with Crippen molar-refractivity contribution in [3.63, 3.8) is 0 Å². The zero-order valence-electron chi connectivity index (χ0n) is 11.8. The summed E-state index contributed by atoms with van der Waals surface area (Å²) in [5.74, 6) is 0.674. The molecule has 0 N–H and O–H groups in total. The van der Waals surface area contributed by atoms with Crippen LogP contribution in [0.5, 0.6) is 0 Å². The Morgan fingerprint density at radius 1 is 1.25 bits per heavy atom. The van der Waals surface area contributed by atoms with Gasteiger partial charge in [0, 0.05) is 21.7 Å². The van der Waals surface area contributed by atoms with E-state index in [1.807, 2.05) is 29.6 Å². The first-order valence-electron chi connectivity index (χ1n) is 6.93. The molecule has 106 valence electrons. The number of thiophene rings is 1. The highest BCUT2D eigenvalue weighted by Crippen LogP contribution is 2.31. The fourth-order valence-corrected chi connectivity index (χ4v) is 3.95. The van der Waals surface area contributed by atoms with Crippen molar-refractivity contribution < 1.29 is 4.79 Å². The van der Waals surface area contributed by atoms with E-state index in [2.05, 4.69) is 41.9 Å². The van der Waals surface area contributed by atoms with Crippen LogP contribution in [0.25, 0.3) is 0 Å². The fraction of sp³-hybridized carbons (Fsp3) is 0.353. The Balaban J connectivity index is 2.23. The summed E-state index contributed by atoms with van der Waals surface area (Å²) in [4.78, 5) is 13.9. The Bertz CT molecular complexity index is 561. The minimum absolute atomic E-state index is 0.00444. The average molecular weight is 351 g/mol. The van der Waals surface area contributed by atoms with Gasteiger partial charge >= 0.3 is 0 Å². The molecule has 1 nitrogen and oxygen atoms in total. The summed E-state index contributed by atoms with van der Waals surface area (Å²) in [6.45, 7) is 4.31. The van der Waals surface area contributed by atoms with Crippen LogP contribution in [0.1, 0.15) is 36.6 Å². The molecule has 1 heterocycles. The van der Waals surface area contributed by atoms with E-state index in [-0.39, 0.29) is 5.92 Å². The van der Waals surface area contributed by atoms with E-state index < -0.39 is 0 Å². The highest BCUT2D eigenvalue weighted by Gasteiger charge is 2.26. The summed E-state index contributed by atoms with van der Waals surface area (Å²) in [7, 11) is 0. The van der Waals surface area contributed by atoms with E-state index in [9.17, 15) is 4.79 Å². The van der Waals surface area contributed by atoms with Crippen molar-refractivity contribution in [2.45, 2.75) is 32.6 Å². The summed E-state index contributed by atoms with van der Waals surface area (Å²) in [6.07, 6.45) is 1.53. The molecule has 2 aromatic rings. The van der Waals surface area contributed by atoms with E-state index in [1.54, 1.807) is 11.3 Å². The molecular weight excluding hydrogens is 332 g/mol. The number of benzene rings is 1. The lowest BCUT2D eigenvalue weighted by molar-refractivity contribution is -0.120. The minimum Gasteiger partial charge on any atom is -0.299 e. The van der Waals surface area contributed by atoms with Crippen molar-refractivity contribution in [3.8, 4) is 0 Å². The fourth-order valence-electron chi connectivity index (χ4n) is 2.45. The molecule has 2 rings (SSSR count). The molecule has 0 saturated heterocycles. The largest absolute Gasteiger partial charge is 0.299 e. The number of carbonyl (C=O) groups is 1. The predicted octanol–water partition coefficient (Wildman–Crippen LogP) is 5.45. The summed E-state index contributed by atoms with van der Waals surface area (Å²) < 4.78 is 1.05. The average Bonchev–Trinajstić information content (AvgIpc) is 2.85. The van der Waals surface area contributed by atoms with Gasteiger partial charge in [0.15, 0.2) is 0 Å². The third kappa shape index (κ3) is 3.58. The molecule has 1 aromatic carbocycles. The lowest BCUT2D eigenvalue weighted by Gasteiger charge is -2.22. The molecule has 20 heavy (non-hydrogen) atoms. The standard InChI is InChI=1S/C17H19BrOS/c1-3-12(2)17(13-7-5-4-6-8-13)15(19)11-16-14(18)9-10-20-16/h4-10,12,17H,3,11H2,1-2H3. The molecule has 0 aliphatic carbocycles. The van der Waals surface area contributed by atoms with Crippen molar-refractivity contribution in [1.29, 1.82) is 0 Å². The second-order valence-corrected chi connectivity index (χ2v) is 6.96. The van der Waals surface area contributed by atoms with Crippen molar-refractivity contribution in [3.05, 3.63) is 56.7 Å². The molecule has 0 radical (unpaired) electrons. The molecule has 1 aromatic heterocycles. The molecule has 3 heteroatoms. The Labute approximate surface area is 133 Å². The van der Waals surface area contributed by atoms with Gasteiger partial charge < -0.3 is 0 Å². The van der Waals surface area contributed by atoms with E-state index in [4.69, 9.17) is 0 Å². The Hall–Kier alpha value is -0.930. The van der Waals surface area contributed by atoms with Crippen LogP contribution < -0.4 is 0 Å². The number of hydrogen-bond acceptors (Lipinski definition) is 2. The first-order chi connectivity index (χ1) is 9.63. The molecule has 0 bridgehead atoms. The highest BCUT2D eigenvalue weighted by atomic mass is 79.9. The van der Waals surface area contributed by atoms with Gasteiger partial charge in [0.25, 0.3) is 0 Å². The van der Waals surface area contributed by atoms with E-state index >= 15 is 0 Å². The maximum Gasteiger partial charge on any atom is 0.145 e. The molecule has 0 fully saturated rings. The number of carbonyl (C=O) groups excluding carboxylic acids is 1. The van der Waals surface area contributed by atoms with Crippen molar-refractivity contribution >= 4 is 33.0 Å². The molecule has 0 saturated carbocycles. The van der Waals surface area contributed by atoms with Crippen LogP contribution in [-0.4, -0.2) is 5.78 Å². The van der Waals surface area contributed by atoms with Gasteiger partial charge in [0.1, 0.15) is 5.78 Å². The normalized spacial score (nSPS) is 13.9. The van der Waals surface area contributed by atoms with Crippen LogP contribution in [0, 0.1) is 5.92 Å². The maximum absolute atomic E-state index is 12.7. The van der Waals surface area contributed by atoms with Crippen LogP contribution in [0.15, 0.2) is 46.3 Å². The van der Waals surface area contributed by atoms with Crippen molar-refractivity contribution in [1.82, 2.24) is 0 Å². The molecule has 2 unspecified atom stereocenters. The third-order valence-electron chi connectivity index (χ3n) is 3.74. The van der Waals surface area contributed by atoms with Crippen molar-refractivity contribution in [2.24, 2.45) is 5.92 Å². The molecular formula is C17H19BrOS. The van der Waals surface area contributed by atoms with Crippen LogP contribution in [-0.2, 0) is 11.2 Å². The number of Topliss-reactive ketones (excluding diaryl/α,β-unsaturated/α-hetero) is 1. The van der Waals surface area contributed by atoms with Gasteiger partial charge in [0.2, 0.25) is 0 Å². The molecule has 0 spiro atoms. The summed E-state index contributed by atoms with van der Waals surface area (Å²) in [5.41, 5.74) is 1.14. The Morgan fingerprint density at radius 2 is 1.95 bits per heavy atom. The highest BCUT2D eigenvalue weighted by molar-refractivity contribution is 9.10. The smallest absolute Gasteiger partial charge is 0.145 e. The summed E-state index contributed by atoms with van der Waals surface area (Å²) in [5, 5.41) is 2.02. The van der Waals surface area contributed by atoms with Gasteiger partial charge in [-0.3, -0.25) is 4.79 Å². The summed E-state index contributed by atoms with van der Waals surface area (Å²) in [6, 6.07) is 12.2. The SMILES string of the molecule is CCC(C)C(C(=O)Cc1sccc1Br)c1ccccc1. The lowest BCUT2D eigenvalue weighted by Crippen LogP contribution is -2.21. The molecule has 2 atom stereocenters. The van der Waals surface area contributed by atoms with Gasteiger partial charge in [-0.2, -0.15) is 0 Å². The number of halogens is 1. The van der Waals surface area contributed by atoms with Gasteiger partial charge in [-0.05, 0) is 38.9 Å². The van der Waals surface area contributed by atoms with Crippen LogP contribution >= 0.6 is 27.3 Å². The topological polar surface area (TPSA) is 17.1 Å². The van der Waals surface area contributed by atoms with E-state index in [1.165, 1.54) is 0 Å². The van der Waals surface area contributed by atoms with Gasteiger partial charge in [-0.25, -0.2) is 0 Å². The summed E-state index contributed by atoms with van der Waals surface area (Å²) >= 11 is 5.15. The number of rotatable bonds is 6. The first-order valence-corrected chi connectivity index (χ1v) is 8.60. The van der Waals surface area contributed by atoms with Gasteiger partial charge in [0.05, 0.1) is 0 Å². The first kappa shape index (κ1) is 15.5.